The maximum Gasteiger partial charge on any atom is 0.123 e. The zero-order valence-electron chi connectivity index (χ0n) is 9.12. The molecule has 0 bridgehead atoms. The van der Waals surface area contributed by atoms with Gasteiger partial charge in [0.1, 0.15) is 5.82 Å². The highest BCUT2D eigenvalue weighted by molar-refractivity contribution is 5.33. The van der Waals surface area contributed by atoms with E-state index in [2.05, 4.69) is 11.8 Å². The van der Waals surface area contributed by atoms with E-state index in [0.29, 0.717) is 6.42 Å². The minimum absolute atomic E-state index is 0.192. The number of benzene rings is 1. The molecule has 0 amide bonds. The molecule has 0 unspecified atom stereocenters. The predicted octanol–water partition coefficient (Wildman–Crippen LogP) is 2.90. The molecule has 0 fully saturated rings. The summed E-state index contributed by atoms with van der Waals surface area (Å²) in [6.07, 6.45) is 6.31. The summed E-state index contributed by atoms with van der Waals surface area (Å²) >= 11 is 0. The zero-order valence-corrected chi connectivity index (χ0v) is 9.12. The second kappa shape index (κ2) is 7.67. The molecule has 84 valence electrons. The second-order valence-corrected chi connectivity index (χ2v) is 3.33. The van der Waals surface area contributed by atoms with Gasteiger partial charge in [0.05, 0.1) is 0 Å². The van der Waals surface area contributed by atoms with Crippen molar-refractivity contribution in [3.63, 3.8) is 0 Å². The molecule has 1 N–H and O–H groups in total. The van der Waals surface area contributed by atoms with Gasteiger partial charge in [-0.25, -0.2) is 4.39 Å². The molecule has 2 heteroatoms. The van der Waals surface area contributed by atoms with Crippen molar-refractivity contribution in [2.24, 2.45) is 0 Å². The first-order chi connectivity index (χ1) is 7.83. The molecule has 0 atom stereocenters. The van der Waals surface area contributed by atoms with Crippen molar-refractivity contribution < 1.29 is 9.50 Å². The maximum atomic E-state index is 12.6. The summed E-state index contributed by atoms with van der Waals surface area (Å²) < 4.78 is 12.6. The molecule has 0 saturated carbocycles. The summed E-state index contributed by atoms with van der Waals surface area (Å²) in [5.74, 6) is 5.74. The molecule has 0 saturated heterocycles. The third-order valence-electron chi connectivity index (χ3n) is 1.98. The van der Waals surface area contributed by atoms with E-state index in [0.717, 1.165) is 18.4 Å². The number of unbranched alkanes of at least 4 members (excludes halogenated alkanes) is 1. The largest absolute Gasteiger partial charge is 0.396 e. The van der Waals surface area contributed by atoms with E-state index in [4.69, 9.17) is 5.11 Å². The Kier molecular flexibility index (Phi) is 5.98. The fourth-order valence-electron chi connectivity index (χ4n) is 1.16. The highest BCUT2D eigenvalue weighted by Gasteiger charge is 1.87. The van der Waals surface area contributed by atoms with E-state index in [9.17, 15) is 4.39 Å². The van der Waals surface area contributed by atoms with Gasteiger partial charge in [0, 0.05) is 18.6 Å². The molecular weight excluding hydrogens is 203 g/mol. The molecule has 0 aromatic heterocycles. The molecule has 0 radical (unpaired) electrons. The molecule has 0 aliphatic heterocycles. The molecule has 1 rings (SSSR count). The van der Waals surface area contributed by atoms with Gasteiger partial charge in [-0.3, -0.25) is 0 Å². The number of halogens is 1. The summed E-state index contributed by atoms with van der Waals surface area (Å²) in [4.78, 5) is 0. The number of hydrogen-bond acceptors (Lipinski definition) is 1. The summed E-state index contributed by atoms with van der Waals surface area (Å²) in [6, 6.07) is 6.16. The van der Waals surface area contributed by atoms with Crippen LogP contribution >= 0.6 is 0 Å². The van der Waals surface area contributed by atoms with Crippen molar-refractivity contribution in [2.45, 2.75) is 19.3 Å². The van der Waals surface area contributed by atoms with E-state index in [1.54, 1.807) is 12.1 Å². The highest BCUT2D eigenvalue weighted by Crippen LogP contribution is 2.01. The van der Waals surface area contributed by atoms with E-state index in [1.807, 2.05) is 12.2 Å². The first-order valence-electron chi connectivity index (χ1n) is 5.33. The van der Waals surface area contributed by atoms with Gasteiger partial charge in [-0.2, -0.15) is 0 Å². The Morgan fingerprint density at radius 2 is 1.81 bits per heavy atom. The van der Waals surface area contributed by atoms with Crippen LogP contribution in [0, 0.1) is 17.7 Å². The Hall–Kier alpha value is -1.59. The summed E-state index contributed by atoms with van der Waals surface area (Å²) in [7, 11) is 0. The first-order valence-corrected chi connectivity index (χ1v) is 5.33. The Morgan fingerprint density at radius 1 is 1.12 bits per heavy atom. The van der Waals surface area contributed by atoms with Crippen LogP contribution in [0.5, 0.6) is 0 Å². The van der Waals surface area contributed by atoms with Gasteiger partial charge in [-0.05, 0) is 37.1 Å². The smallest absolute Gasteiger partial charge is 0.123 e. The minimum Gasteiger partial charge on any atom is -0.396 e. The molecule has 16 heavy (non-hydrogen) atoms. The fraction of sp³-hybridized carbons (Fsp3) is 0.286. The number of rotatable bonds is 4. The summed E-state index contributed by atoms with van der Waals surface area (Å²) in [5, 5.41) is 8.53. The van der Waals surface area contributed by atoms with Crippen molar-refractivity contribution in [1.29, 1.82) is 0 Å². The Morgan fingerprint density at radius 3 is 2.50 bits per heavy atom. The Labute approximate surface area is 95.6 Å². The van der Waals surface area contributed by atoms with Crippen LogP contribution < -0.4 is 0 Å². The minimum atomic E-state index is -0.238. The molecule has 0 aliphatic carbocycles. The summed E-state index contributed by atoms with van der Waals surface area (Å²) in [5.41, 5.74) is 0.834. The van der Waals surface area contributed by atoms with E-state index in [1.165, 1.54) is 12.1 Å². The topological polar surface area (TPSA) is 20.2 Å². The molecule has 0 spiro atoms. The molecule has 1 nitrogen and oxygen atoms in total. The van der Waals surface area contributed by atoms with Crippen LogP contribution in [0.25, 0.3) is 0 Å². The average Bonchev–Trinajstić information content (AvgIpc) is 2.30. The van der Waals surface area contributed by atoms with Crippen LogP contribution in [-0.4, -0.2) is 11.7 Å². The van der Waals surface area contributed by atoms with E-state index < -0.39 is 0 Å². The van der Waals surface area contributed by atoms with E-state index >= 15 is 0 Å². The SMILES string of the molecule is OCC/C=C\CCC#Cc1ccc(F)cc1. The van der Waals surface area contributed by atoms with Crippen LogP contribution in [0.3, 0.4) is 0 Å². The maximum absolute atomic E-state index is 12.6. The van der Waals surface area contributed by atoms with Crippen LogP contribution in [0.15, 0.2) is 36.4 Å². The number of hydrogen-bond donors (Lipinski definition) is 1. The normalized spacial score (nSPS) is 10.1. The van der Waals surface area contributed by atoms with Crippen molar-refractivity contribution >= 4 is 0 Å². The van der Waals surface area contributed by atoms with Crippen LogP contribution in [0.2, 0.25) is 0 Å². The molecule has 1 aromatic rings. The van der Waals surface area contributed by atoms with Gasteiger partial charge in [0.2, 0.25) is 0 Å². The second-order valence-electron chi connectivity index (χ2n) is 3.33. The van der Waals surface area contributed by atoms with Crippen molar-refractivity contribution in [2.75, 3.05) is 6.61 Å². The lowest BCUT2D eigenvalue weighted by molar-refractivity contribution is 0.302. The van der Waals surface area contributed by atoms with Gasteiger partial charge in [0.25, 0.3) is 0 Å². The van der Waals surface area contributed by atoms with Crippen LogP contribution in [0.4, 0.5) is 4.39 Å². The lowest BCUT2D eigenvalue weighted by Gasteiger charge is -1.89. The van der Waals surface area contributed by atoms with Crippen LogP contribution in [0.1, 0.15) is 24.8 Å². The third-order valence-corrected chi connectivity index (χ3v) is 1.98. The average molecular weight is 218 g/mol. The molecular formula is C14H15FO. The van der Waals surface area contributed by atoms with E-state index in [-0.39, 0.29) is 12.4 Å². The van der Waals surface area contributed by atoms with Gasteiger partial charge in [-0.15, -0.1) is 0 Å². The Bertz CT molecular complexity index is 381. The monoisotopic (exact) mass is 218 g/mol. The van der Waals surface area contributed by atoms with Crippen LogP contribution in [-0.2, 0) is 0 Å². The van der Waals surface area contributed by atoms with Gasteiger partial charge < -0.3 is 5.11 Å². The number of allylic oxidation sites excluding steroid dienone is 1. The predicted molar refractivity (Wildman–Crippen MR) is 63.4 cm³/mol. The summed E-state index contributed by atoms with van der Waals surface area (Å²) in [6.45, 7) is 0.192. The third kappa shape index (κ3) is 5.33. The Balaban J connectivity index is 2.30. The molecule has 0 heterocycles. The lowest BCUT2D eigenvalue weighted by atomic mass is 10.2. The number of aliphatic hydroxyl groups is 1. The number of aliphatic hydroxyl groups excluding tert-OH is 1. The molecule has 1 aromatic carbocycles. The van der Waals surface area contributed by atoms with Crippen molar-refractivity contribution in [3.8, 4) is 11.8 Å². The van der Waals surface area contributed by atoms with Gasteiger partial charge in [0.15, 0.2) is 0 Å². The lowest BCUT2D eigenvalue weighted by Crippen LogP contribution is -1.76. The quantitative estimate of drug-likeness (QED) is 0.468. The van der Waals surface area contributed by atoms with Gasteiger partial charge >= 0.3 is 0 Å². The highest BCUT2D eigenvalue weighted by atomic mass is 19.1. The van der Waals surface area contributed by atoms with Gasteiger partial charge in [-0.1, -0.05) is 24.0 Å². The standard InChI is InChI=1S/C14H15FO/c15-14-10-8-13(9-11-14)7-5-3-1-2-4-6-12-16/h2,4,8-11,16H,1,3,6,12H2/b4-2-. The first kappa shape index (κ1) is 12.5. The molecule has 0 aliphatic rings. The fourth-order valence-corrected chi connectivity index (χ4v) is 1.16. The van der Waals surface area contributed by atoms with Crippen molar-refractivity contribution in [3.05, 3.63) is 47.8 Å². The van der Waals surface area contributed by atoms with Crippen molar-refractivity contribution in [1.82, 2.24) is 0 Å². The zero-order chi connectivity index (χ0) is 11.6.